The molecule has 1 aromatic carbocycles. The second-order valence-corrected chi connectivity index (χ2v) is 4.84. The Labute approximate surface area is 117 Å². The zero-order chi connectivity index (χ0) is 11.5. The van der Waals surface area contributed by atoms with Gasteiger partial charge in [-0.15, -0.1) is 0 Å². The molecular weight excluding hydrogens is 233 g/mol. The molecule has 1 aliphatic rings. The first kappa shape index (κ1) is 14.9. The van der Waals surface area contributed by atoms with E-state index >= 15 is 0 Å². The molecule has 17 heavy (non-hydrogen) atoms. The molecule has 3 atom stereocenters. The molecule has 0 bridgehead atoms. The molecule has 2 N–H and O–H groups in total. The van der Waals surface area contributed by atoms with Gasteiger partial charge in [0.05, 0.1) is 11.0 Å². The molecule has 1 fully saturated rings. The summed E-state index contributed by atoms with van der Waals surface area (Å²) in [6, 6.07) is 7.44. The van der Waals surface area contributed by atoms with Gasteiger partial charge in [-0.3, -0.25) is 0 Å². The minimum atomic E-state index is -1.89. The van der Waals surface area contributed by atoms with Crippen LogP contribution in [0.15, 0.2) is 29.2 Å². The standard InChI is InChI=1S/C11H15NO3S.Li.H/c1-15-9-6-11(12-7-9)8-2-4-10(5-3-8)16(13)14;;/h2-5,9,11-12H,6-7H2,1H3,(H,13,14);;/q;+1;-1. The normalized spacial score (nSPS) is 25.3. The maximum absolute atomic E-state index is 10.8. The monoisotopic (exact) mass is 249 g/mol. The topological polar surface area (TPSA) is 58.6 Å². The predicted molar refractivity (Wildman–Crippen MR) is 62.7 cm³/mol. The maximum atomic E-state index is 10.8. The molecule has 4 nitrogen and oxygen atoms in total. The Morgan fingerprint density at radius 1 is 1.47 bits per heavy atom. The summed E-state index contributed by atoms with van der Waals surface area (Å²) >= 11 is -1.89. The molecular formula is C11H16LiNO3S. The molecule has 1 aromatic rings. The summed E-state index contributed by atoms with van der Waals surface area (Å²) < 4.78 is 25.0. The van der Waals surface area contributed by atoms with Crippen LogP contribution in [0, 0.1) is 0 Å². The minimum absolute atomic E-state index is 0. The van der Waals surface area contributed by atoms with Gasteiger partial charge in [-0.2, -0.15) is 0 Å². The number of hydrogen-bond donors (Lipinski definition) is 2. The third kappa shape index (κ3) is 3.65. The number of rotatable bonds is 3. The Kier molecular flexibility index (Phi) is 5.87. The summed E-state index contributed by atoms with van der Waals surface area (Å²) in [6.07, 6.45) is 1.20. The van der Waals surface area contributed by atoms with E-state index in [0.717, 1.165) is 18.5 Å². The van der Waals surface area contributed by atoms with Crippen molar-refractivity contribution in [3.05, 3.63) is 29.8 Å². The van der Waals surface area contributed by atoms with Crippen LogP contribution in [0.2, 0.25) is 0 Å². The van der Waals surface area contributed by atoms with Crippen molar-refractivity contribution >= 4 is 11.1 Å². The number of hydrogen-bond acceptors (Lipinski definition) is 3. The Morgan fingerprint density at radius 3 is 2.59 bits per heavy atom. The third-order valence-electron chi connectivity index (χ3n) is 2.91. The average molecular weight is 249 g/mol. The van der Waals surface area contributed by atoms with E-state index in [1.807, 2.05) is 12.1 Å². The Morgan fingerprint density at radius 2 is 2.12 bits per heavy atom. The van der Waals surface area contributed by atoms with Gasteiger partial charge in [0.1, 0.15) is 0 Å². The van der Waals surface area contributed by atoms with Gasteiger partial charge in [0.25, 0.3) is 0 Å². The molecule has 0 saturated carbocycles. The second-order valence-electron chi connectivity index (χ2n) is 3.87. The molecule has 1 heterocycles. The zero-order valence-corrected chi connectivity index (χ0v) is 10.9. The van der Waals surface area contributed by atoms with Gasteiger partial charge >= 0.3 is 18.9 Å². The van der Waals surface area contributed by atoms with Crippen molar-refractivity contribution in [1.29, 1.82) is 0 Å². The fourth-order valence-corrected chi connectivity index (χ4v) is 2.32. The molecule has 0 radical (unpaired) electrons. The molecule has 0 aromatic heterocycles. The van der Waals surface area contributed by atoms with E-state index in [1.54, 1.807) is 19.2 Å². The van der Waals surface area contributed by atoms with Gasteiger partial charge in [0, 0.05) is 19.7 Å². The molecule has 90 valence electrons. The van der Waals surface area contributed by atoms with Crippen LogP contribution in [0.3, 0.4) is 0 Å². The van der Waals surface area contributed by atoms with Crippen LogP contribution >= 0.6 is 0 Å². The van der Waals surface area contributed by atoms with Crippen LogP contribution in [0.5, 0.6) is 0 Å². The van der Waals surface area contributed by atoms with E-state index in [1.165, 1.54) is 0 Å². The minimum Gasteiger partial charge on any atom is -1.00 e. The third-order valence-corrected chi connectivity index (χ3v) is 3.58. The summed E-state index contributed by atoms with van der Waals surface area (Å²) in [5.41, 5.74) is 1.13. The summed E-state index contributed by atoms with van der Waals surface area (Å²) in [7, 11) is 1.72. The van der Waals surface area contributed by atoms with Gasteiger partial charge in [0.15, 0.2) is 11.1 Å². The van der Waals surface area contributed by atoms with E-state index < -0.39 is 11.1 Å². The molecule has 6 heteroatoms. The molecule has 3 unspecified atom stereocenters. The van der Waals surface area contributed by atoms with Crippen molar-refractivity contribution in [2.45, 2.75) is 23.5 Å². The van der Waals surface area contributed by atoms with Gasteiger partial charge in [0.2, 0.25) is 0 Å². The number of benzene rings is 1. The van der Waals surface area contributed by atoms with Crippen LogP contribution in [0.25, 0.3) is 0 Å². The first-order valence-corrected chi connectivity index (χ1v) is 6.28. The molecule has 1 saturated heterocycles. The van der Waals surface area contributed by atoms with Crippen molar-refractivity contribution in [3.63, 3.8) is 0 Å². The Bertz CT molecular complexity index is 390. The second kappa shape index (κ2) is 6.69. The van der Waals surface area contributed by atoms with Gasteiger partial charge in [-0.1, -0.05) is 12.1 Å². The average Bonchev–Trinajstić information content (AvgIpc) is 2.77. The summed E-state index contributed by atoms with van der Waals surface area (Å²) in [5.74, 6) is 0. The molecule has 0 amide bonds. The van der Waals surface area contributed by atoms with Gasteiger partial charge in [-0.25, -0.2) is 4.21 Å². The molecule has 0 aliphatic carbocycles. The van der Waals surface area contributed by atoms with E-state index in [2.05, 4.69) is 5.32 Å². The largest absolute Gasteiger partial charge is 1.00 e. The van der Waals surface area contributed by atoms with Gasteiger partial charge < -0.3 is 16.0 Å². The summed E-state index contributed by atoms with van der Waals surface area (Å²) in [6.45, 7) is 0.856. The Balaban J connectivity index is 0.00000144. The van der Waals surface area contributed by atoms with E-state index in [9.17, 15) is 4.21 Å². The Hall–Kier alpha value is -0.153. The van der Waals surface area contributed by atoms with Crippen molar-refractivity contribution in [1.82, 2.24) is 5.32 Å². The first-order valence-electron chi connectivity index (χ1n) is 5.17. The van der Waals surface area contributed by atoms with Crippen LogP contribution in [0.1, 0.15) is 19.5 Å². The van der Waals surface area contributed by atoms with Crippen LogP contribution in [-0.2, 0) is 15.8 Å². The first-order chi connectivity index (χ1) is 7.70. The van der Waals surface area contributed by atoms with Crippen molar-refractivity contribution in [2.75, 3.05) is 13.7 Å². The fourth-order valence-electron chi connectivity index (χ4n) is 1.95. The fraction of sp³-hybridized carbons (Fsp3) is 0.455. The predicted octanol–water partition coefficient (Wildman–Crippen LogP) is -1.57. The van der Waals surface area contributed by atoms with Crippen molar-refractivity contribution < 1.29 is 33.8 Å². The molecule has 2 rings (SSSR count). The van der Waals surface area contributed by atoms with Gasteiger partial charge in [-0.05, 0) is 24.1 Å². The summed E-state index contributed by atoms with van der Waals surface area (Å²) in [5, 5.41) is 3.36. The summed E-state index contributed by atoms with van der Waals surface area (Å²) in [4.78, 5) is 0.435. The number of ether oxygens (including phenoxy) is 1. The quantitative estimate of drug-likeness (QED) is 0.502. The zero-order valence-electron chi connectivity index (χ0n) is 11.1. The van der Waals surface area contributed by atoms with Crippen molar-refractivity contribution in [2.24, 2.45) is 0 Å². The van der Waals surface area contributed by atoms with Crippen LogP contribution in [-0.4, -0.2) is 28.5 Å². The smallest absolute Gasteiger partial charge is 1.00 e. The number of methoxy groups -OCH3 is 1. The van der Waals surface area contributed by atoms with E-state index in [0.29, 0.717) is 4.90 Å². The van der Waals surface area contributed by atoms with Crippen LogP contribution < -0.4 is 24.2 Å². The van der Waals surface area contributed by atoms with E-state index in [-0.39, 0.29) is 32.4 Å². The van der Waals surface area contributed by atoms with Crippen LogP contribution in [0.4, 0.5) is 0 Å². The number of nitrogens with one attached hydrogen (secondary N) is 1. The SMILES string of the molecule is COC1CNC(c2ccc(S(=O)O)cc2)C1.[H-].[Li+]. The molecule has 0 spiro atoms. The van der Waals surface area contributed by atoms with E-state index in [4.69, 9.17) is 9.29 Å². The molecule has 1 aliphatic heterocycles. The van der Waals surface area contributed by atoms with Crippen molar-refractivity contribution in [3.8, 4) is 0 Å². The maximum Gasteiger partial charge on any atom is 1.00 e.